The van der Waals surface area contributed by atoms with Gasteiger partial charge in [-0.1, -0.05) is 0 Å². The Hall–Kier alpha value is -0.690. The molecule has 0 spiro atoms. The molecule has 1 saturated heterocycles. The number of ether oxygens (including phenoxy) is 2. The third kappa shape index (κ3) is 3.75. The highest BCUT2D eigenvalue weighted by Gasteiger charge is 2.31. The molecule has 3 atom stereocenters. The lowest BCUT2D eigenvalue weighted by atomic mass is 9.94. The van der Waals surface area contributed by atoms with Crippen molar-refractivity contribution in [1.82, 2.24) is 5.32 Å². The molecule has 0 bridgehead atoms. The predicted molar refractivity (Wildman–Crippen MR) is 51.1 cm³/mol. The Bertz CT molecular complexity index is 205. The number of hydrogen-bond acceptors (Lipinski definition) is 5. The monoisotopic (exact) mass is 219 g/mol. The van der Waals surface area contributed by atoms with Gasteiger partial charge in [0.15, 0.2) is 0 Å². The van der Waals surface area contributed by atoms with E-state index >= 15 is 0 Å². The van der Waals surface area contributed by atoms with Crippen molar-refractivity contribution in [3.63, 3.8) is 0 Å². The highest BCUT2D eigenvalue weighted by molar-refractivity contribution is 5.73. The van der Waals surface area contributed by atoms with E-state index in [0.717, 1.165) is 12.8 Å². The quantitative estimate of drug-likeness (QED) is 0.534. The number of rotatable bonds is 5. The Labute approximate surface area is 88.2 Å². The minimum absolute atomic E-state index is 0.124. The van der Waals surface area contributed by atoms with Crippen LogP contribution in [0.5, 0.6) is 0 Å². The van der Waals surface area contributed by atoms with Gasteiger partial charge in [-0.3, -0.25) is 10.1 Å². The molecule has 3 N–H and O–H groups in total. The van der Waals surface area contributed by atoms with Crippen LogP contribution in [0.4, 0.5) is 0 Å². The van der Waals surface area contributed by atoms with Gasteiger partial charge in [-0.15, -0.1) is 0 Å². The highest BCUT2D eigenvalue weighted by atomic mass is 16.6. The molecule has 0 aromatic heterocycles. The van der Waals surface area contributed by atoms with Crippen LogP contribution in [0.1, 0.15) is 12.8 Å². The van der Waals surface area contributed by atoms with Crippen LogP contribution < -0.4 is 5.32 Å². The van der Waals surface area contributed by atoms with Gasteiger partial charge in [-0.2, -0.15) is 0 Å². The zero-order valence-corrected chi connectivity index (χ0v) is 8.68. The van der Waals surface area contributed by atoms with Crippen LogP contribution in [-0.2, 0) is 14.3 Å². The lowest BCUT2D eigenvalue weighted by molar-refractivity contribution is -0.152. The lowest BCUT2D eigenvalue weighted by Gasteiger charge is -2.29. The van der Waals surface area contributed by atoms with Crippen molar-refractivity contribution < 1.29 is 24.5 Å². The Balaban J connectivity index is 2.51. The van der Waals surface area contributed by atoms with E-state index in [2.05, 4.69) is 10.1 Å². The number of aliphatic hydroxyl groups excluding tert-OH is 1. The van der Waals surface area contributed by atoms with Gasteiger partial charge in [0.1, 0.15) is 6.04 Å². The summed E-state index contributed by atoms with van der Waals surface area (Å²) in [6.07, 6.45) is 0.368. The summed E-state index contributed by atoms with van der Waals surface area (Å²) in [5.74, 6) is -1.12. The second kappa shape index (κ2) is 6.02. The van der Waals surface area contributed by atoms with Gasteiger partial charge in [-0.05, 0) is 12.8 Å². The second-order valence-corrected chi connectivity index (χ2v) is 3.55. The molecular formula is C9H17NO5. The lowest BCUT2D eigenvalue weighted by Crippen LogP contribution is -2.50. The Morgan fingerprint density at radius 2 is 2.40 bits per heavy atom. The van der Waals surface area contributed by atoms with E-state index < -0.39 is 18.4 Å². The molecule has 1 unspecified atom stereocenters. The zero-order valence-electron chi connectivity index (χ0n) is 8.68. The number of carbonyl (C=O) groups is 1. The van der Waals surface area contributed by atoms with E-state index in [1.54, 1.807) is 0 Å². The first-order chi connectivity index (χ1) is 7.15. The molecule has 0 aliphatic carbocycles. The van der Waals surface area contributed by atoms with E-state index in [-0.39, 0.29) is 5.92 Å². The molecule has 0 amide bonds. The first-order valence-corrected chi connectivity index (χ1v) is 4.92. The third-order valence-electron chi connectivity index (χ3n) is 2.48. The van der Waals surface area contributed by atoms with Gasteiger partial charge >= 0.3 is 5.97 Å². The fourth-order valence-corrected chi connectivity index (χ4v) is 1.66. The summed E-state index contributed by atoms with van der Waals surface area (Å²) in [6.45, 7) is 1.08. The first-order valence-electron chi connectivity index (χ1n) is 4.92. The molecule has 1 rings (SSSR count). The van der Waals surface area contributed by atoms with E-state index in [1.165, 1.54) is 7.11 Å². The molecule has 6 nitrogen and oxygen atoms in total. The molecule has 1 aliphatic heterocycles. The molecule has 0 saturated carbocycles. The average Bonchev–Trinajstić information content (AvgIpc) is 2.26. The van der Waals surface area contributed by atoms with Gasteiger partial charge in [0.2, 0.25) is 6.41 Å². The summed E-state index contributed by atoms with van der Waals surface area (Å²) in [5, 5.41) is 20.6. The van der Waals surface area contributed by atoms with Gasteiger partial charge < -0.3 is 19.7 Å². The first kappa shape index (κ1) is 12.4. The summed E-state index contributed by atoms with van der Waals surface area (Å²) >= 11 is 0. The largest absolute Gasteiger partial charge is 0.480 e. The number of aliphatic hydroxyl groups is 1. The van der Waals surface area contributed by atoms with Crippen LogP contribution in [0.2, 0.25) is 0 Å². The highest BCUT2D eigenvalue weighted by Crippen LogP contribution is 2.18. The molecule has 88 valence electrons. The predicted octanol–water partition coefficient (Wildman–Crippen LogP) is -0.622. The van der Waals surface area contributed by atoms with E-state index in [4.69, 9.17) is 9.84 Å². The number of aliphatic carboxylic acids is 1. The number of methoxy groups -OCH3 is 1. The molecule has 0 radical (unpaired) electrons. The van der Waals surface area contributed by atoms with Crippen LogP contribution in [0.25, 0.3) is 0 Å². The smallest absolute Gasteiger partial charge is 0.321 e. The zero-order chi connectivity index (χ0) is 11.3. The molecular weight excluding hydrogens is 202 g/mol. The summed E-state index contributed by atoms with van der Waals surface area (Å²) < 4.78 is 9.76. The minimum Gasteiger partial charge on any atom is -0.480 e. The van der Waals surface area contributed by atoms with Crippen molar-refractivity contribution >= 4 is 5.97 Å². The third-order valence-corrected chi connectivity index (χ3v) is 2.48. The molecule has 15 heavy (non-hydrogen) atoms. The number of hydrogen-bond donors (Lipinski definition) is 3. The second-order valence-electron chi connectivity index (χ2n) is 3.55. The number of carboxylic acid groups (broad SMARTS) is 1. The number of nitrogens with one attached hydrogen (secondary N) is 1. The standard InChI is InChI=1S/C9H17NO5/c1-14-9(13)10-7(8(11)12)6-3-2-4-15-5-6/h6-7,9-10,13H,2-5H2,1H3,(H,11,12)/t6-,7-,9?/m0/s1. The SMILES string of the molecule is COC(O)N[C@H](C(=O)O)[C@H]1CCCOC1. The maximum Gasteiger partial charge on any atom is 0.321 e. The average molecular weight is 219 g/mol. The molecule has 1 aliphatic rings. The van der Waals surface area contributed by atoms with E-state index in [0.29, 0.717) is 13.2 Å². The maximum atomic E-state index is 11.0. The minimum atomic E-state index is -1.26. The van der Waals surface area contributed by atoms with Gasteiger partial charge in [0.05, 0.1) is 6.61 Å². The van der Waals surface area contributed by atoms with E-state index in [9.17, 15) is 9.90 Å². The Kier molecular flexibility index (Phi) is 4.97. The van der Waals surface area contributed by atoms with Crippen LogP contribution in [0, 0.1) is 5.92 Å². The molecule has 1 fully saturated rings. The number of carboxylic acids is 1. The molecule has 0 aromatic carbocycles. The van der Waals surface area contributed by atoms with Crippen molar-refractivity contribution in [3.05, 3.63) is 0 Å². The fourth-order valence-electron chi connectivity index (χ4n) is 1.66. The van der Waals surface area contributed by atoms with Crippen LogP contribution in [-0.4, -0.2) is 49.0 Å². The van der Waals surface area contributed by atoms with Gasteiger partial charge in [0.25, 0.3) is 0 Å². The van der Waals surface area contributed by atoms with Crippen molar-refractivity contribution in [2.24, 2.45) is 5.92 Å². The summed E-state index contributed by atoms with van der Waals surface area (Å²) in [6, 6.07) is -0.833. The van der Waals surface area contributed by atoms with Crippen LogP contribution in [0.3, 0.4) is 0 Å². The summed E-state index contributed by atoms with van der Waals surface area (Å²) in [5.41, 5.74) is 0. The van der Waals surface area contributed by atoms with Gasteiger partial charge in [0, 0.05) is 19.6 Å². The maximum absolute atomic E-state index is 11.0. The molecule has 1 heterocycles. The molecule has 6 heteroatoms. The molecule has 0 aromatic rings. The normalized spacial score (nSPS) is 25.9. The Morgan fingerprint density at radius 3 is 2.87 bits per heavy atom. The van der Waals surface area contributed by atoms with Gasteiger partial charge in [-0.25, -0.2) is 0 Å². The topological polar surface area (TPSA) is 88.0 Å². The van der Waals surface area contributed by atoms with E-state index in [1.807, 2.05) is 0 Å². The van der Waals surface area contributed by atoms with Crippen molar-refractivity contribution in [3.8, 4) is 0 Å². The summed E-state index contributed by atoms with van der Waals surface area (Å²) in [7, 11) is 1.30. The fraction of sp³-hybridized carbons (Fsp3) is 0.889. The van der Waals surface area contributed by atoms with Crippen LogP contribution >= 0.6 is 0 Å². The van der Waals surface area contributed by atoms with Crippen molar-refractivity contribution in [2.45, 2.75) is 25.3 Å². The van der Waals surface area contributed by atoms with Crippen molar-refractivity contribution in [1.29, 1.82) is 0 Å². The van der Waals surface area contributed by atoms with Crippen LogP contribution in [0.15, 0.2) is 0 Å². The Morgan fingerprint density at radius 1 is 1.67 bits per heavy atom. The van der Waals surface area contributed by atoms with Crippen molar-refractivity contribution in [2.75, 3.05) is 20.3 Å². The summed E-state index contributed by atoms with van der Waals surface area (Å²) in [4.78, 5) is 11.0.